The lowest BCUT2D eigenvalue weighted by Gasteiger charge is -2.23. The molecule has 2 aromatic heterocycles. The average Bonchev–Trinajstić information content (AvgIpc) is 2.85. The fourth-order valence-electron chi connectivity index (χ4n) is 3.56. The van der Waals surface area contributed by atoms with E-state index in [0.29, 0.717) is 17.2 Å². The van der Waals surface area contributed by atoms with Crippen LogP contribution in [0.2, 0.25) is 0 Å². The van der Waals surface area contributed by atoms with E-state index < -0.39 is 24.6 Å². The van der Waals surface area contributed by atoms with Gasteiger partial charge >= 0.3 is 6.18 Å². The minimum Gasteiger partial charge on any atom is -0.435 e. The lowest BCUT2D eigenvalue weighted by atomic mass is 10.1. The summed E-state index contributed by atoms with van der Waals surface area (Å²) in [5.41, 5.74) is 0.722. The van der Waals surface area contributed by atoms with Crippen molar-refractivity contribution >= 4 is 11.6 Å². The number of rotatable bonds is 8. The van der Waals surface area contributed by atoms with Crippen LogP contribution in [0.15, 0.2) is 48.8 Å². The summed E-state index contributed by atoms with van der Waals surface area (Å²) in [6.45, 7) is 0.871. The highest BCUT2D eigenvalue weighted by atomic mass is 19.4. The van der Waals surface area contributed by atoms with Crippen molar-refractivity contribution in [3.63, 3.8) is 0 Å². The number of hydrogen-bond acceptors (Lipinski definition) is 8. The maximum Gasteiger partial charge on any atom is 0.416 e. The van der Waals surface area contributed by atoms with Crippen molar-refractivity contribution < 1.29 is 27.4 Å². The predicted octanol–water partition coefficient (Wildman–Crippen LogP) is 3.97. The summed E-state index contributed by atoms with van der Waals surface area (Å²) >= 11 is 0. The molecule has 0 aliphatic carbocycles. The van der Waals surface area contributed by atoms with Crippen molar-refractivity contribution in [3.05, 3.63) is 54.6 Å². The SMILES string of the molecule is OC(CNc1cccc(Oc2ncccc2-c2ccnc(NC3CCCNC3)n2)c1F)C(F)(F)F. The maximum absolute atomic E-state index is 14.9. The van der Waals surface area contributed by atoms with Gasteiger partial charge in [-0.15, -0.1) is 0 Å². The number of nitrogens with zero attached hydrogens (tertiary/aromatic N) is 3. The van der Waals surface area contributed by atoms with E-state index in [0.717, 1.165) is 25.9 Å². The smallest absolute Gasteiger partial charge is 0.416 e. The number of aromatic nitrogens is 3. The van der Waals surface area contributed by atoms with Crippen LogP contribution in [0, 0.1) is 5.82 Å². The number of pyridine rings is 1. The predicted molar refractivity (Wildman–Crippen MR) is 122 cm³/mol. The van der Waals surface area contributed by atoms with Crippen LogP contribution < -0.4 is 20.7 Å². The molecule has 35 heavy (non-hydrogen) atoms. The molecule has 3 aromatic rings. The van der Waals surface area contributed by atoms with Crippen LogP contribution in [0.25, 0.3) is 11.3 Å². The normalized spacial score (nSPS) is 17.0. The van der Waals surface area contributed by atoms with Crippen LogP contribution in [0.4, 0.5) is 29.2 Å². The lowest BCUT2D eigenvalue weighted by Crippen LogP contribution is -2.38. The minimum atomic E-state index is -4.82. The quantitative estimate of drug-likeness (QED) is 0.351. The molecule has 3 heterocycles. The zero-order valence-corrected chi connectivity index (χ0v) is 18.5. The van der Waals surface area contributed by atoms with Crippen LogP contribution in [-0.2, 0) is 0 Å². The molecule has 1 aliphatic heterocycles. The summed E-state index contributed by atoms with van der Waals surface area (Å²) in [6, 6.07) is 9.22. The Morgan fingerprint density at radius 3 is 2.77 bits per heavy atom. The van der Waals surface area contributed by atoms with Gasteiger partial charge in [0.1, 0.15) is 0 Å². The second-order valence-corrected chi connectivity index (χ2v) is 7.97. The number of piperidine rings is 1. The van der Waals surface area contributed by atoms with Gasteiger partial charge in [-0.05, 0) is 49.7 Å². The molecule has 2 unspecified atom stereocenters. The van der Waals surface area contributed by atoms with E-state index in [-0.39, 0.29) is 23.4 Å². The van der Waals surface area contributed by atoms with Crippen molar-refractivity contribution in [2.24, 2.45) is 0 Å². The summed E-state index contributed by atoms with van der Waals surface area (Å²) in [4.78, 5) is 13.0. The second-order valence-electron chi connectivity index (χ2n) is 7.97. The Hall–Kier alpha value is -3.51. The zero-order chi connectivity index (χ0) is 24.8. The monoisotopic (exact) mass is 492 g/mol. The van der Waals surface area contributed by atoms with Gasteiger partial charge in [0.05, 0.1) is 16.9 Å². The molecule has 2 atom stereocenters. The van der Waals surface area contributed by atoms with Crippen LogP contribution in [0.5, 0.6) is 11.6 Å². The van der Waals surface area contributed by atoms with Gasteiger partial charge in [-0.3, -0.25) is 0 Å². The van der Waals surface area contributed by atoms with Gasteiger partial charge in [0.2, 0.25) is 11.8 Å². The molecular weight excluding hydrogens is 468 g/mol. The van der Waals surface area contributed by atoms with E-state index >= 15 is 0 Å². The van der Waals surface area contributed by atoms with Gasteiger partial charge in [0, 0.05) is 31.5 Å². The summed E-state index contributed by atoms with van der Waals surface area (Å²) in [5.74, 6) is -0.681. The van der Waals surface area contributed by atoms with E-state index in [1.165, 1.54) is 24.4 Å². The summed E-state index contributed by atoms with van der Waals surface area (Å²) in [6.07, 6.45) is -2.36. The Kier molecular flexibility index (Phi) is 7.61. The average molecular weight is 492 g/mol. The third-order valence-corrected chi connectivity index (χ3v) is 5.37. The molecule has 0 spiro atoms. The molecule has 4 rings (SSSR count). The van der Waals surface area contributed by atoms with Crippen LogP contribution >= 0.6 is 0 Å². The van der Waals surface area contributed by atoms with Crippen LogP contribution in [-0.4, -0.2) is 58.0 Å². The molecule has 0 amide bonds. The summed E-state index contributed by atoms with van der Waals surface area (Å²) in [7, 11) is 0. The number of hydrogen-bond donors (Lipinski definition) is 4. The second kappa shape index (κ2) is 10.8. The summed E-state index contributed by atoms with van der Waals surface area (Å²) < 4.78 is 58.3. The van der Waals surface area contributed by atoms with Gasteiger partial charge in [0.25, 0.3) is 0 Å². The first-order valence-electron chi connectivity index (χ1n) is 11.0. The number of aliphatic hydroxyl groups excluding tert-OH is 1. The Morgan fingerprint density at radius 2 is 2.00 bits per heavy atom. The minimum absolute atomic E-state index is 0.0582. The molecule has 0 radical (unpaired) electrons. The van der Waals surface area contributed by atoms with Gasteiger partial charge in [-0.2, -0.15) is 13.2 Å². The van der Waals surface area contributed by atoms with Crippen LogP contribution in [0.3, 0.4) is 0 Å². The zero-order valence-electron chi connectivity index (χ0n) is 18.5. The highest BCUT2D eigenvalue weighted by Gasteiger charge is 2.38. The van der Waals surface area contributed by atoms with Crippen molar-refractivity contribution in [3.8, 4) is 22.9 Å². The highest BCUT2D eigenvalue weighted by Crippen LogP contribution is 2.34. The largest absolute Gasteiger partial charge is 0.435 e. The molecule has 4 N–H and O–H groups in total. The number of halogens is 4. The number of aliphatic hydroxyl groups is 1. The van der Waals surface area contributed by atoms with Crippen molar-refractivity contribution in [1.29, 1.82) is 0 Å². The number of anilines is 2. The molecular formula is C23H24F4N6O2. The fraction of sp³-hybridized carbons (Fsp3) is 0.348. The molecule has 1 saturated heterocycles. The van der Waals surface area contributed by atoms with E-state index in [9.17, 15) is 17.6 Å². The third kappa shape index (κ3) is 6.34. The van der Waals surface area contributed by atoms with Crippen molar-refractivity contribution in [2.45, 2.75) is 31.2 Å². The number of nitrogens with one attached hydrogen (secondary N) is 3. The van der Waals surface area contributed by atoms with Gasteiger partial charge in [-0.1, -0.05) is 6.07 Å². The van der Waals surface area contributed by atoms with Crippen LogP contribution in [0.1, 0.15) is 12.8 Å². The first-order chi connectivity index (χ1) is 16.8. The van der Waals surface area contributed by atoms with Crippen molar-refractivity contribution in [1.82, 2.24) is 20.3 Å². The maximum atomic E-state index is 14.9. The van der Waals surface area contributed by atoms with Crippen molar-refractivity contribution in [2.75, 3.05) is 30.3 Å². The van der Waals surface area contributed by atoms with E-state index in [4.69, 9.17) is 9.84 Å². The molecule has 1 aliphatic rings. The molecule has 8 nitrogen and oxygen atoms in total. The molecule has 0 bridgehead atoms. The standard InChI is InChI=1S/C23H24F4N6O2/c24-20-17(31-13-19(34)23(25,26)27)6-1-7-18(20)35-21-15(5-3-10-29-21)16-8-11-30-22(33-16)32-14-4-2-9-28-12-14/h1,3,5-8,10-11,14,19,28,31,34H,2,4,9,12-13H2,(H,30,32,33). The first-order valence-corrected chi connectivity index (χ1v) is 11.0. The Morgan fingerprint density at radius 1 is 1.14 bits per heavy atom. The lowest BCUT2D eigenvalue weighted by molar-refractivity contribution is -0.198. The van der Waals surface area contributed by atoms with E-state index in [2.05, 4.69) is 30.9 Å². The summed E-state index contributed by atoms with van der Waals surface area (Å²) in [5, 5.41) is 18.0. The number of ether oxygens (including phenoxy) is 1. The Balaban J connectivity index is 1.53. The Bertz CT molecular complexity index is 1140. The Labute approximate surface area is 198 Å². The molecule has 1 fully saturated rings. The van der Waals surface area contributed by atoms with E-state index in [1.54, 1.807) is 24.4 Å². The topological polar surface area (TPSA) is 104 Å². The number of alkyl halides is 3. The van der Waals surface area contributed by atoms with Gasteiger partial charge in [0.15, 0.2) is 17.7 Å². The first kappa shape index (κ1) is 24.6. The van der Waals surface area contributed by atoms with Gasteiger partial charge < -0.3 is 25.8 Å². The molecule has 0 saturated carbocycles. The molecule has 1 aromatic carbocycles. The highest BCUT2D eigenvalue weighted by molar-refractivity contribution is 5.66. The number of benzene rings is 1. The fourth-order valence-corrected chi connectivity index (χ4v) is 3.56. The van der Waals surface area contributed by atoms with E-state index in [1.807, 2.05) is 0 Å². The molecule has 12 heteroatoms. The van der Waals surface area contributed by atoms with Gasteiger partial charge in [-0.25, -0.2) is 19.3 Å². The third-order valence-electron chi connectivity index (χ3n) is 5.37. The molecule has 186 valence electrons.